The first-order chi connectivity index (χ1) is 8.36. The Balaban J connectivity index is 1.82. The van der Waals surface area contributed by atoms with Crippen molar-refractivity contribution in [2.75, 3.05) is 6.61 Å². The van der Waals surface area contributed by atoms with E-state index in [1.54, 1.807) is 36.9 Å². The average Bonchev–Trinajstić information content (AvgIpc) is 2.41. The maximum atomic E-state index is 7.61. The lowest BCUT2D eigenvalue weighted by Gasteiger charge is -2.04. The van der Waals surface area contributed by atoms with Crippen LogP contribution in [0.1, 0.15) is 11.6 Å². The summed E-state index contributed by atoms with van der Waals surface area (Å²) in [5.74, 6) is 0.928. The van der Waals surface area contributed by atoms with Crippen LogP contribution in [0.25, 0.3) is 0 Å². The van der Waals surface area contributed by atoms with Gasteiger partial charge in [0, 0.05) is 31.2 Å². The Hall–Kier alpha value is -2.37. The van der Waals surface area contributed by atoms with E-state index in [4.69, 9.17) is 10.1 Å². The zero-order chi connectivity index (χ0) is 11.9. The largest absolute Gasteiger partial charge is 0.475 e. The molecule has 2 aromatic heterocycles. The third-order valence-corrected chi connectivity index (χ3v) is 1.96. The van der Waals surface area contributed by atoms with E-state index in [9.17, 15) is 0 Å². The van der Waals surface area contributed by atoms with Gasteiger partial charge >= 0.3 is 0 Å². The summed E-state index contributed by atoms with van der Waals surface area (Å²) in [7, 11) is 0. The van der Waals surface area contributed by atoms with Crippen LogP contribution in [0.4, 0.5) is 0 Å². The summed E-state index contributed by atoms with van der Waals surface area (Å²) in [4.78, 5) is 15.9. The molecule has 0 aromatic carbocycles. The number of hydrogen-bond acceptors (Lipinski definition) is 6. The molecule has 6 heteroatoms. The molecule has 0 aliphatic carbocycles. The number of hydrogen-bond donors (Lipinski definition) is 1. The lowest BCUT2D eigenvalue weighted by Crippen LogP contribution is -2.12. The van der Waals surface area contributed by atoms with E-state index in [1.807, 2.05) is 0 Å². The van der Waals surface area contributed by atoms with Crippen molar-refractivity contribution in [3.05, 3.63) is 48.6 Å². The monoisotopic (exact) mass is 229 g/mol. The SMILES string of the molecule is N=C(OCCc1ncccn1)c1ncccn1. The van der Waals surface area contributed by atoms with E-state index >= 15 is 0 Å². The highest BCUT2D eigenvalue weighted by molar-refractivity contribution is 5.87. The first-order valence-electron chi connectivity index (χ1n) is 5.11. The van der Waals surface area contributed by atoms with Crippen LogP contribution >= 0.6 is 0 Å². The summed E-state index contributed by atoms with van der Waals surface area (Å²) >= 11 is 0. The highest BCUT2D eigenvalue weighted by Crippen LogP contribution is 1.95. The molecule has 0 bridgehead atoms. The second kappa shape index (κ2) is 5.64. The van der Waals surface area contributed by atoms with Crippen molar-refractivity contribution in [1.82, 2.24) is 19.9 Å². The van der Waals surface area contributed by atoms with Crippen LogP contribution in [-0.4, -0.2) is 32.4 Å². The third kappa shape index (κ3) is 3.30. The molecule has 0 fully saturated rings. The maximum Gasteiger partial charge on any atom is 0.252 e. The number of rotatable bonds is 4. The smallest absolute Gasteiger partial charge is 0.252 e. The Bertz CT molecular complexity index is 474. The average molecular weight is 229 g/mol. The number of nitrogens with one attached hydrogen (secondary N) is 1. The second-order valence-corrected chi connectivity index (χ2v) is 3.17. The summed E-state index contributed by atoms with van der Waals surface area (Å²) in [6.07, 6.45) is 7.04. The molecule has 0 unspecified atom stereocenters. The molecule has 2 aromatic rings. The fourth-order valence-corrected chi connectivity index (χ4v) is 1.18. The van der Waals surface area contributed by atoms with Crippen LogP contribution in [0, 0.1) is 5.41 Å². The van der Waals surface area contributed by atoms with Gasteiger partial charge in [-0.05, 0) is 12.1 Å². The molecule has 0 aliphatic rings. The van der Waals surface area contributed by atoms with Gasteiger partial charge in [-0.15, -0.1) is 0 Å². The van der Waals surface area contributed by atoms with Crippen molar-refractivity contribution in [3.8, 4) is 0 Å². The molecule has 0 atom stereocenters. The number of ether oxygens (including phenoxy) is 1. The molecule has 0 saturated heterocycles. The van der Waals surface area contributed by atoms with Gasteiger partial charge in [0.25, 0.3) is 5.90 Å². The van der Waals surface area contributed by atoms with Crippen molar-refractivity contribution in [2.45, 2.75) is 6.42 Å². The van der Waals surface area contributed by atoms with Gasteiger partial charge in [-0.3, -0.25) is 5.41 Å². The summed E-state index contributed by atoms with van der Waals surface area (Å²) < 4.78 is 5.21. The highest BCUT2D eigenvalue weighted by atomic mass is 16.5. The van der Waals surface area contributed by atoms with E-state index in [1.165, 1.54) is 0 Å². The predicted octanol–water partition coefficient (Wildman–Crippen LogP) is 0.851. The van der Waals surface area contributed by atoms with Crippen LogP contribution in [0.5, 0.6) is 0 Å². The summed E-state index contributed by atoms with van der Waals surface area (Å²) in [6, 6.07) is 3.44. The summed E-state index contributed by atoms with van der Waals surface area (Å²) in [6.45, 7) is 0.334. The Kier molecular flexibility index (Phi) is 3.69. The Morgan fingerprint density at radius 3 is 2.24 bits per heavy atom. The van der Waals surface area contributed by atoms with Crippen molar-refractivity contribution in [1.29, 1.82) is 5.41 Å². The fraction of sp³-hybridized carbons (Fsp3) is 0.182. The van der Waals surface area contributed by atoms with Gasteiger partial charge in [0.2, 0.25) is 5.82 Å². The van der Waals surface area contributed by atoms with Crippen LogP contribution in [0.15, 0.2) is 36.9 Å². The lowest BCUT2D eigenvalue weighted by molar-refractivity contribution is 0.302. The Morgan fingerprint density at radius 2 is 1.59 bits per heavy atom. The highest BCUT2D eigenvalue weighted by Gasteiger charge is 2.05. The minimum absolute atomic E-state index is 0.0402. The van der Waals surface area contributed by atoms with Gasteiger partial charge in [-0.25, -0.2) is 19.9 Å². The van der Waals surface area contributed by atoms with Gasteiger partial charge in [-0.1, -0.05) is 0 Å². The van der Waals surface area contributed by atoms with Gasteiger partial charge in [0.1, 0.15) is 5.82 Å². The van der Waals surface area contributed by atoms with E-state index < -0.39 is 0 Å². The lowest BCUT2D eigenvalue weighted by atomic mass is 10.4. The molecular weight excluding hydrogens is 218 g/mol. The number of nitrogens with zero attached hydrogens (tertiary/aromatic N) is 4. The third-order valence-electron chi connectivity index (χ3n) is 1.96. The zero-order valence-electron chi connectivity index (χ0n) is 9.08. The first kappa shape index (κ1) is 11.1. The summed E-state index contributed by atoms with van der Waals surface area (Å²) in [5, 5.41) is 7.61. The first-order valence-corrected chi connectivity index (χ1v) is 5.11. The minimum atomic E-state index is -0.0402. The summed E-state index contributed by atoms with van der Waals surface area (Å²) in [5.41, 5.74) is 0. The molecule has 6 nitrogen and oxygen atoms in total. The van der Waals surface area contributed by atoms with Gasteiger partial charge < -0.3 is 4.74 Å². The van der Waals surface area contributed by atoms with Gasteiger partial charge in [-0.2, -0.15) is 0 Å². The normalized spacial score (nSPS) is 9.88. The Labute approximate surface area is 98.3 Å². The van der Waals surface area contributed by atoms with E-state index in [0.29, 0.717) is 18.9 Å². The van der Waals surface area contributed by atoms with E-state index in [0.717, 1.165) is 0 Å². The molecule has 2 heterocycles. The Morgan fingerprint density at radius 1 is 1.00 bits per heavy atom. The molecule has 2 rings (SSSR count). The topological polar surface area (TPSA) is 84.6 Å². The number of aromatic nitrogens is 4. The van der Waals surface area contributed by atoms with Crippen LogP contribution in [0.3, 0.4) is 0 Å². The van der Waals surface area contributed by atoms with Crippen molar-refractivity contribution >= 4 is 5.90 Å². The quantitative estimate of drug-likeness (QED) is 0.620. The molecule has 0 spiro atoms. The molecule has 0 amide bonds. The minimum Gasteiger partial charge on any atom is -0.475 e. The molecule has 17 heavy (non-hydrogen) atoms. The van der Waals surface area contributed by atoms with Crippen LogP contribution < -0.4 is 0 Å². The fourth-order valence-electron chi connectivity index (χ4n) is 1.18. The molecule has 86 valence electrons. The molecule has 0 aliphatic heterocycles. The van der Waals surface area contributed by atoms with E-state index in [2.05, 4.69) is 19.9 Å². The van der Waals surface area contributed by atoms with E-state index in [-0.39, 0.29) is 11.7 Å². The molecular formula is C11H11N5O. The zero-order valence-corrected chi connectivity index (χ0v) is 9.08. The van der Waals surface area contributed by atoms with Crippen molar-refractivity contribution < 1.29 is 4.74 Å². The predicted molar refractivity (Wildman–Crippen MR) is 60.5 cm³/mol. The standard InChI is InChI=1S/C11H11N5O/c12-10(11-15-6-2-7-16-11)17-8-3-9-13-4-1-5-14-9/h1-2,4-7,12H,3,8H2. The molecule has 0 saturated carbocycles. The van der Waals surface area contributed by atoms with Gasteiger partial charge in [0.15, 0.2) is 0 Å². The maximum absolute atomic E-state index is 7.61. The van der Waals surface area contributed by atoms with Crippen molar-refractivity contribution in [3.63, 3.8) is 0 Å². The van der Waals surface area contributed by atoms with Crippen LogP contribution in [-0.2, 0) is 11.2 Å². The van der Waals surface area contributed by atoms with Crippen molar-refractivity contribution in [2.24, 2.45) is 0 Å². The molecule has 0 radical (unpaired) electrons. The molecule has 1 N–H and O–H groups in total. The van der Waals surface area contributed by atoms with Gasteiger partial charge in [0.05, 0.1) is 6.61 Å². The second-order valence-electron chi connectivity index (χ2n) is 3.17. The van der Waals surface area contributed by atoms with Crippen LogP contribution in [0.2, 0.25) is 0 Å².